The molecule has 3 rings (SSSR count). The fraction of sp³-hybridized carbons (Fsp3) is 0.478. The number of carbonyl (C=O) groups excluding carboxylic acids is 1. The van der Waals surface area contributed by atoms with E-state index in [1.165, 1.54) is 12.5 Å². The minimum absolute atomic E-state index is 0.0930. The van der Waals surface area contributed by atoms with Crippen molar-refractivity contribution in [1.82, 2.24) is 9.97 Å². The van der Waals surface area contributed by atoms with Gasteiger partial charge in [-0.15, -0.1) is 0 Å². The molecule has 10 nitrogen and oxygen atoms in total. The number of oxime groups is 1. The molecule has 0 spiro atoms. The number of hydrogen-bond acceptors (Lipinski definition) is 9. The predicted octanol–water partition coefficient (Wildman–Crippen LogP) is 3.82. The van der Waals surface area contributed by atoms with Crippen molar-refractivity contribution in [1.29, 1.82) is 0 Å². The SMILES string of the molecule is CCO/N=C/c1c(N)ncnc1N1CCCC(OC(=O)Nc2ccc(OC(C)C)cc2)CC1. The third-order valence-electron chi connectivity index (χ3n) is 5.00. The van der Waals surface area contributed by atoms with Crippen molar-refractivity contribution in [2.45, 2.75) is 52.2 Å². The summed E-state index contributed by atoms with van der Waals surface area (Å²) in [5.74, 6) is 1.79. The Balaban J connectivity index is 1.56. The Morgan fingerprint density at radius 3 is 2.79 bits per heavy atom. The van der Waals surface area contributed by atoms with E-state index in [1.54, 1.807) is 12.1 Å². The molecule has 33 heavy (non-hydrogen) atoms. The summed E-state index contributed by atoms with van der Waals surface area (Å²) >= 11 is 0. The number of anilines is 3. The Kier molecular flexibility index (Phi) is 8.68. The molecule has 1 saturated heterocycles. The molecule has 1 aromatic heterocycles. The molecule has 10 heteroatoms. The van der Waals surface area contributed by atoms with Gasteiger partial charge in [-0.1, -0.05) is 5.16 Å². The molecule has 1 fully saturated rings. The molecule has 2 aromatic rings. The largest absolute Gasteiger partial charge is 0.491 e. The van der Waals surface area contributed by atoms with Gasteiger partial charge in [0, 0.05) is 25.2 Å². The van der Waals surface area contributed by atoms with E-state index in [2.05, 4.69) is 25.3 Å². The summed E-state index contributed by atoms with van der Waals surface area (Å²) in [7, 11) is 0. The third kappa shape index (κ3) is 7.23. The van der Waals surface area contributed by atoms with Crippen LogP contribution in [0.25, 0.3) is 0 Å². The van der Waals surface area contributed by atoms with E-state index < -0.39 is 6.09 Å². The average molecular weight is 457 g/mol. The van der Waals surface area contributed by atoms with Crippen LogP contribution in [0.2, 0.25) is 0 Å². The van der Waals surface area contributed by atoms with Gasteiger partial charge in [-0.05, 0) is 57.9 Å². The normalized spacial score (nSPS) is 16.5. The fourth-order valence-electron chi connectivity index (χ4n) is 3.52. The summed E-state index contributed by atoms with van der Waals surface area (Å²) in [4.78, 5) is 28.0. The molecule has 0 saturated carbocycles. The van der Waals surface area contributed by atoms with Crippen molar-refractivity contribution in [3.8, 4) is 5.75 Å². The highest BCUT2D eigenvalue weighted by Gasteiger charge is 2.23. The number of ether oxygens (including phenoxy) is 2. The Bertz CT molecular complexity index is 935. The summed E-state index contributed by atoms with van der Waals surface area (Å²) in [6.07, 6.45) is 4.67. The maximum atomic E-state index is 12.4. The average Bonchev–Trinajstić information content (AvgIpc) is 3.01. The number of carbonyl (C=O) groups is 1. The first-order chi connectivity index (χ1) is 16.0. The Morgan fingerprint density at radius 1 is 1.27 bits per heavy atom. The van der Waals surface area contributed by atoms with Crippen LogP contribution < -0.4 is 20.7 Å². The number of nitrogens with one attached hydrogen (secondary N) is 1. The highest BCUT2D eigenvalue weighted by molar-refractivity contribution is 5.91. The zero-order valence-corrected chi connectivity index (χ0v) is 19.4. The fourth-order valence-corrected chi connectivity index (χ4v) is 3.52. The Morgan fingerprint density at radius 2 is 2.06 bits per heavy atom. The van der Waals surface area contributed by atoms with Gasteiger partial charge in [-0.3, -0.25) is 5.32 Å². The van der Waals surface area contributed by atoms with Crippen LogP contribution in [-0.2, 0) is 9.57 Å². The van der Waals surface area contributed by atoms with Gasteiger partial charge in [0.05, 0.1) is 17.9 Å². The molecular weight excluding hydrogens is 424 g/mol. The van der Waals surface area contributed by atoms with Gasteiger partial charge in [-0.2, -0.15) is 0 Å². The van der Waals surface area contributed by atoms with Gasteiger partial charge >= 0.3 is 6.09 Å². The van der Waals surface area contributed by atoms with Gasteiger partial charge in [-0.25, -0.2) is 14.8 Å². The van der Waals surface area contributed by atoms with E-state index in [9.17, 15) is 4.79 Å². The summed E-state index contributed by atoms with van der Waals surface area (Å²) in [6, 6.07) is 7.22. The van der Waals surface area contributed by atoms with E-state index >= 15 is 0 Å². The molecule has 0 aliphatic carbocycles. The maximum Gasteiger partial charge on any atom is 0.411 e. The van der Waals surface area contributed by atoms with Crippen molar-refractivity contribution in [2.75, 3.05) is 35.6 Å². The maximum absolute atomic E-state index is 12.4. The second-order valence-electron chi connectivity index (χ2n) is 7.91. The predicted molar refractivity (Wildman–Crippen MR) is 128 cm³/mol. The monoisotopic (exact) mass is 456 g/mol. The molecule has 1 aliphatic rings. The highest BCUT2D eigenvalue weighted by Crippen LogP contribution is 2.24. The first kappa shape index (κ1) is 24.1. The number of rotatable bonds is 8. The lowest BCUT2D eigenvalue weighted by molar-refractivity contribution is 0.103. The summed E-state index contributed by atoms with van der Waals surface area (Å²) < 4.78 is 11.3. The quantitative estimate of drug-likeness (QED) is 0.454. The molecule has 0 radical (unpaired) electrons. The van der Waals surface area contributed by atoms with Gasteiger partial charge in [0.15, 0.2) is 0 Å². The number of amides is 1. The van der Waals surface area contributed by atoms with Crippen LogP contribution in [0.3, 0.4) is 0 Å². The topological polar surface area (TPSA) is 124 Å². The first-order valence-electron chi connectivity index (χ1n) is 11.2. The molecular formula is C23H32N6O4. The number of nitrogen functional groups attached to an aromatic ring is 1. The van der Waals surface area contributed by atoms with Crippen LogP contribution in [0.1, 0.15) is 45.6 Å². The Hall–Kier alpha value is -3.56. The van der Waals surface area contributed by atoms with Crippen LogP contribution in [0.4, 0.5) is 22.1 Å². The van der Waals surface area contributed by atoms with E-state index in [-0.39, 0.29) is 12.2 Å². The number of aromatic nitrogens is 2. The lowest BCUT2D eigenvalue weighted by Crippen LogP contribution is -2.28. The molecule has 0 bridgehead atoms. The lowest BCUT2D eigenvalue weighted by atomic mass is 10.2. The van der Waals surface area contributed by atoms with E-state index in [0.717, 1.165) is 25.1 Å². The van der Waals surface area contributed by atoms with Crippen molar-refractivity contribution in [2.24, 2.45) is 5.16 Å². The van der Waals surface area contributed by atoms with E-state index in [1.807, 2.05) is 32.9 Å². The molecule has 3 N–H and O–H groups in total. The van der Waals surface area contributed by atoms with Gasteiger partial charge < -0.3 is 24.9 Å². The van der Waals surface area contributed by atoms with E-state index in [4.69, 9.17) is 20.0 Å². The summed E-state index contributed by atoms with van der Waals surface area (Å²) in [5, 5.41) is 6.70. The zero-order chi connectivity index (χ0) is 23.6. The molecule has 1 amide bonds. The number of nitrogens with two attached hydrogens (primary N) is 1. The second kappa shape index (κ2) is 11.9. The van der Waals surface area contributed by atoms with Crippen molar-refractivity contribution in [3.05, 3.63) is 36.2 Å². The Labute approximate surface area is 194 Å². The molecule has 1 unspecified atom stereocenters. The number of hydrogen-bond donors (Lipinski definition) is 2. The van der Waals surface area contributed by atoms with Crippen molar-refractivity contribution in [3.63, 3.8) is 0 Å². The van der Waals surface area contributed by atoms with Gasteiger partial charge in [0.2, 0.25) is 0 Å². The van der Waals surface area contributed by atoms with Crippen molar-refractivity contribution >= 4 is 29.6 Å². The number of nitrogens with zero attached hydrogens (tertiary/aromatic N) is 4. The van der Waals surface area contributed by atoms with E-state index in [0.29, 0.717) is 42.5 Å². The highest BCUT2D eigenvalue weighted by atomic mass is 16.6. The molecule has 1 aromatic carbocycles. The molecule has 178 valence electrons. The third-order valence-corrected chi connectivity index (χ3v) is 5.00. The van der Waals surface area contributed by atoms with Gasteiger partial charge in [0.1, 0.15) is 36.4 Å². The standard InChI is InChI=1S/C23H32N6O4/c1-4-31-27-14-20-21(24)25-15-26-22(20)29-12-5-6-18(11-13-29)33-23(30)28-17-7-9-19(10-8-17)32-16(2)3/h7-10,14-16,18H,4-6,11-13H2,1-3H3,(H,28,30)(H2,24,25,26)/b27-14+. The smallest absolute Gasteiger partial charge is 0.411 e. The number of benzene rings is 1. The van der Waals surface area contributed by atoms with Crippen LogP contribution in [0, 0.1) is 0 Å². The molecule has 1 aliphatic heterocycles. The van der Waals surface area contributed by atoms with Gasteiger partial charge in [0.25, 0.3) is 0 Å². The second-order valence-corrected chi connectivity index (χ2v) is 7.91. The molecule has 2 heterocycles. The van der Waals surface area contributed by atoms with Crippen LogP contribution in [-0.4, -0.2) is 54.2 Å². The lowest BCUT2D eigenvalue weighted by Gasteiger charge is -2.23. The minimum Gasteiger partial charge on any atom is -0.491 e. The van der Waals surface area contributed by atoms with Crippen LogP contribution in [0.5, 0.6) is 5.75 Å². The zero-order valence-electron chi connectivity index (χ0n) is 19.4. The molecule has 1 atom stereocenters. The van der Waals surface area contributed by atoms with Crippen LogP contribution in [0.15, 0.2) is 35.7 Å². The summed E-state index contributed by atoms with van der Waals surface area (Å²) in [5.41, 5.74) is 7.31. The minimum atomic E-state index is -0.471. The van der Waals surface area contributed by atoms with Crippen molar-refractivity contribution < 1.29 is 19.1 Å². The summed E-state index contributed by atoms with van der Waals surface area (Å²) in [6.45, 7) is 7.65. The van der Waals surface area contributed by atoms with Crippen LogP contribution >= 0.6 is 0 Å². The first-order valence-corrected chi connectivity index (χ1v) is 11.2.